The van der Waals surface area contributed by atoms with E-state index < -0.39 is 6.10 Å². The van der Waals surface area contributed by atoms with Crippen molar-refractivity contribution in [2.75, 3.05) is 14.2 Å². The number of carbonyl (C=O) groups excluding carboxylic acids is 1. The van der Waals surface area contributed by atoms with Gasteiger partial charge in [-0.1, -0.05) is 29.8 Å². The fraction of sp³-hybridized carbons (Fsp3) is 0.350. The van der Waals surface area contributed by atoms with Crippen molar-refractivity contribution in [3.05, 3.63) is 58.6 Å². The molecule has 0 aliphatic rings. The zero-order valence-electron chi connectivity index (χ0n) is 15.2. The minimum atomic E-state index is -0.609. The van der Waals surface area contributed by atoms with Gasteiger partial charge in [-0.2, -0.15) is 0 Å². The summed E-state index contributed by atoms with van der Waals surface area (Å²) in [6, 6.07) is 12.9. The van der Waals surface area contributed by atoms with Gasteiger partial charge in [-0.15, -0.1) is 0 Å². The molecule has 0 aromatic heterocycles. The fourth-order valence-electron chi connectivity index (χ4n) is 2.64. The zero-order valence-corrected chi connectivity index (χ0v) is 16.0. The molecule has 25 heavy (non-hydrogen) atoms. The van der Waals surface area contributed by atoms with Crippen molar-refractivity contribution < 1.29 is 14.3 Å². The summed E-state index contributed by atoms with van der Waals surface area (Å²) in [5.41, 5.74) is 1.87. The van der Waals surface area contributed by atoms with Gasteiger partial charge in [0.15, 0.2) is 6.10 Å². The predicted molar refractivity (Wildman–Crippen MR) is 100 cm³/mol. The zero-order chi connectivity index (χ0) is 18.6. The first-order valence-electron chi connectivity index (χ1n) is 8.17. The van der Waals surface area contributed by atoms with Gasteiger partial charge in [0.25, 0.3) is 5.91 Å². The van der Waals surface area contributed by atoms with E-state index in [0.29, 0.717) is 10.8 Å². The first kappa shape index (κ1) is 19.1. The number of methoxy groups -OCH3 is 1. The van der Waals surface area contributed by atoms with Gasteiger partial charge in [0, 0.05) is 17.6 Å². The summed E-state index contributed by atoms with van der Waals surface area (Å²) in [5, 5.41) is 0.674. The van der Waals surface area contributed by atoms with Crippen LogP contribution in [-0.4, -0.2) is 31.1 Å². The highest BCUT2D eigenvalue weighted by Crippen LogP contribution is 2.29. The lowest BCUT2D eigenvalue weighted by molar-refractivity contribution is -0.138. The highest BCUT2D eigenvalue weighted by Gasteiger charge is 2.25. The van der Waals surface area contributed by atoms with Crippen LogP contribution in [0.1, 0.15) is 31.0 Å². The van der Waals surface area contributed by atoms with Crippen LogP contribution in [0.2, 0.25) is 5.02 Å². The quantitative estimate of drug-likeness (QED) is 0.752. The van der Waals surface area contributed by atoms with Crippen molar-refractivity contribution in [1.82, 2.24) is 4.90 Å². The summed E-state index contributed by atoms with van der Waals surface area (Å²) in [6.45, 7) is 5.62. The molecule has 0 bridgehead atoms. The summed E-state index contributed by atoms with van der Waals surface area (Å²) in [6.07, 6.45) is -0.609. The number of halogens is 1. The number of nitrogens with zero attached hydrogens (tertiary/aromatic N) is 1. The molecule has 0 spiro atoms. The van der Waals surface area contributed by atoms with E-state index in [9.17, 15) is 4.79 Å². The van der Waals surface area contributed by atoms with Crippen LogP contribution in [0.25, 0.3) is 0 Å². The lowest BCUT2D eigenvalue weighted by atomic mass is 10.1. The lowest BCUT2D eigenvalue weighted by Crippen LogP contribution is -2.39. The van der Waals surface area contributed by atoms with Crippen molar-refractivity contribution >= 4 is 17.5 Å². The normalized spacial score (nSPS) is 13.0. The second-order valence-corrected chi connectivity index (χ2v) is 6.45. The number of para-hydroxylation sites is 1. The van der Waals surface area contributed by atoms with Crippen molar-refractivity contribution in [2.45, 2.75) is 32.9 Å². The van der Waals surface area contributed by atoms with Crippen LogP contribution < -0.4 is 9.47 Å². The molecule has 0 saturated carbocycles. The molecule has 2 aromatic carbocycles. The Morgan fingerprint density at radius 1 is 1.16 bits per heavy atom. The minimum absolute atomic E-state index is 0.106. The van der Waals surface area contributed by atoms with E-state index >= 15 is 0 Å². The smallest absolute Gasteiger partial charge is 0.263 e. The third-order valence-corrected chi connectivity index (χ3v) is 4.73. The molecule has 2 atom stereocenters. The SMILES string of the molecule is COc1ccccc1C(C)N(C)C(=O)C(C)Oc1ccc(Cl)c(C)c1. The van der Waals surface area contributed by atoms with Gasteiger partial charge in [-0.3, -0.25) is 4.79 Å². The number of amides is 1. The Morgan fingerprint density at radius 2 is 1.84 bits per heavy atom. The van der Waals surface area contributed by atoms with Crippen LogP contribution in [-0.2, 0) is 4.79 Å². The molecule has 5 heteroatoms. The van der Waals surface area contributed by atoms with E-state index in [1.54, 1.807) is 38.1 Å². The average Bonchev–Trinajstić information content (AvgIpc) is 2.62. The van der Waals surface area contributed by atoms with Gasteiger partial charge in [0.05, 0.1) is 13.2 Å². The van der Waals surface area contributed by atoms with Crippen LogP contribution in [0.3, 0.4) is 0 Å². The van der Waals surface area contributed by atoms with Crippen LogP contribution in [0.4, 0.5) is 0 Å². The maximum Gasteiger partial charge on any atom is 0.263 e. The number of ether oxygens (including phenoxy) is 2. The topological polar surface area (TPSA) is 38.8 Å². The lowest BCUT2D eigenvalue weighted by Gasteiger charge is -2.29. The van der Waals surface area contributed by atoms with Crippen LogP contribution in [0, 0.1) is 6.92 Å². The van der Waals surface area contributed by atoms with Crippen LogP contribution in [0.15, 0.2) is 42.5 Å². The largest absolute Gasteiger partial charge is 0.496 e. The second kappa shape index (κ2) is 8.26. The number of rotatable bonds is 6. The average molecular weight is 362 g/mol. The van der Waals surface area contributed by atoms with Gasteiger partial charge in [-0.25, -0.2) is 0 Å². The fourth-order valence-corrected chi connectivity index (χ4v) is 2.76. The van der Waals surface area contributed by atoms with E-state index in [0.717, 1.165) is 16.9 Å². The van der Waals surface area contributed by atoms with Crippen LogP contribution >= 0.6 is 11.6 Å². The Kier molecular flexibility index (Phi) is 6.32. The van der Waals surface area contributed by atoms with Gasteiger partial charge < -0.3 is 14.4 Å². The number of aryl methyl sites for hydroxylation is 1. The summed E-state index contributed by atoms with van der Waals surface area (Å²) < 4.78 is 11.2. The Bertz CT molecular complexity index is 747. The minimum Gasteiger partial charge on any atom is -0.496 e. The van der Waals surface area contributed by atoms with Crippen LogP contribution in [0.5, 0.6) is 11.5 Å². The van der Waals surface area contributed by atoms with E-state index in [1.165, 1.54) is 0 Å². The molecule has 134 valence electrons. The Balaban J connectivity index is 2.11. The van der Waals surface area contributed by atoms with Gasteiger partial charge in [-0.05, 0) is 50.6 Å². The molecule has 0 aliphatic heterocycles. The standard InChI is InChI=1S/C20H24ClNO3/c1-13-12-16(10-11-18(13)21)25-15(3)20(23)22(4)14(2)17-8-6-7-9-19(17)24-5/h6-12,14-15H,1-5H3. The van der Waals surface area contributed by atoms with Crippen molar-refractivity contribution in [3.63, 3.8) is 0 Å². The molecule has 2 rings (SSSR count). The third-order valence-electron chi connectivity index (χ3n) is 4.31. The molecule has 0 aliphatic carbocycles. The number of hydrogen-bond acceptors (Lipinski definition) is 3. The molecule has 2 aromatic rings. The molecule has 4 nitrogen and oxygen atoms in total. The first-order valence-corrected chi connectivity index (χ1v) is 8.55. The van der Waals surface area contributed by atoms with E-state index in [2.05, 4.69) is 0 Å². The molecule has 0 heterocycles. The number of hydrogen-bond donors (Lipinski definition) is 0. The van der Waals surface area contributed by atoms with E-state index in [-0.39, 0.29) is 11.9 Å². The summed E-state index contributed by atoms with van der Waals surface area (Å²) >= 11 is 6.03. The third kappa shape index (κ3) is 4.45. The van der Waals surface area contributed by atoms with Gasteiger partial charge >= 0.3 is 0 Å². The summed E-state index contributed by atoms with van der Waals surface area (Å²) in [5.74, 6) is 1.28. The highest BCUT2D eigenvalue weighted by molar-refractivity contribution is 6.31. The van der Waals surface area contributed by atoms with Crippen molar-refractivity contribution in [2.24, 2.45) is 0 Å². The second-order valence-electron chi connectivity index (χ2n) is 6.04. The first-order chi connectivity index (χ1) is 11.8. The molecular formula is C20H24ClNO3. The Hall–Kier alpha value is -2.20. The molecule has 0 saturated heterocycles. The molecule has 0 N–H and O–H groups in total. The summed E-state index contributed by atoms with van der Waals surface area (Å²) in [4.78, 5) is 14.4. The molecule has 1 amide bonds. The summed E-state index contributed by atoms with van der Waals surface area (Å²) in [7, 11) is 3.40. The van der Waals surface area contributed by atoms with Gasteiger partial charge in [0.2, 0.25) is 0 Å². The molecule has 0 fully saturated rings. The van der Waals surface area contributed by atoms with E-state index in [4.69, 9.17) is 21.1 Å². The maximum absolute atomic E-state index is 12.7. The molecule has 0 radical (unpaired) electrons. The number of carbonyl (C=O) groups is 1. The maximum atomic E-state index is 12.7. The van der Waals surface area contributed by atoms with Crippen molar-refractivity contribution in [3.8, 4) is 11.5 Å². The van der Waals surface area contributed by atoms with Gasteiger partial charge in [0.1, 0.15) is 11.5 Å². The predicted octanol–water partition coefficient (Wildman–Crippen LogP) is 4.64. The highest BCUT2D eigenvalue weighted by atomic mass is 35.5. The van der Waals surface area contributed by atoms with E-state index in [1.807, 2.05) is 44.2 Å². The number of benzene rings is 2. The van der Waals surface area contributed by atoms with Crippen molar-refractivity contribution in [1.29, 1.82) is 0 Å². The Labute approximate surface area is 154 Å². The number of likely N-dealkylation sites (N-methyl/N-ethyl adjacent to an activating group) is 1. The molecule has 2 unspecified atom stereocenters. The molecular weight excluding hydrogens is 338 g/mol. The monoisotopic (exact) mass is 361 g/mol. The Morgan fingerprint density at radius 3 is 2.48 bits per heavy atom.